The van der Waals surface area contributed by atoms with Crippen LogP contribution in [0, 0.1) is 5.82 Å². The van der Waals surface area contributed by atoms with E-state index in [1.807, 2.05) is 0 Å². The fourth-order valence-corrected chi connectivity index (χ4v) is 3.09. The van der Waals surface area contributed by atoms with Gasteiger partial charge in [0, 0.05) is 43.1 Å². The van der Waals surface area contributed by atoms with E-state index in [1.54, 1.807) is 12.1 Å². The first-order valence-electron chi connectivity index (χ1n) is 7.02. The van der Waals surface area contributed by atoms with Gasteiger partial charge in [0.1, 0.15) is 11.4 Å². The SMILES string of the molecule is O=C(CCSc1ccc(F)cc1)NC1(C(=O)O)CCOCC1. The van der Waals surface area contributed by atoms with Crippen molar-refractivity contribution in [3.63, 3.8) is 0 Å². The second-order valence-corrected chi connectivity index (χ2v) is 6.27. The summed E-state index contributed by atoms with van der Waals surface area (Å²) in [4.78, 5) is 24.3. The molecule has 1 aliphatic heterocycles. The standard InChI is InChI=1S/C15H18FNO4S/c16-11-1-3-12(4-2-11)22-10-5-13(18)17-15(14(19)20)6-8-21-9-7-15/h1-4H,5-10H2,(H,17,18)(H,19,20). The third kappa shape index (κ3) is 4.45. The second-order valence-electron chi connectivity index (χ2n) is 5.10. The molecular formula is C15H18FNO4S. The quantitative estimate of drug-likeness (QED) is 0.782. The number of rotatable bonds is 6. The number of amides is 1. The molecule has 0 aliphatic carbocycles. The van der Waals surface area contributed by atoms with E-state index in [1.165, 1.54) is 23.9 Å². The molecule has 7 heteroatoms. The Morgan fingerprint density at radius 3 is 2.50 bits per heavy atom. The number of benzene rings is 1. The lowest BCUT2D eigenvalue weighted by Crippen LogP contribution is -2.57. The van der Waals surface area contributed by atoms with Gasteiger partial charge in [0.2, 0.25) is 5.91 Å². The highest BCUT2D eigenvalue weighted by molar-refractivity contribution is 7.99. The van der Waals surface area contributed by atoms with Gasteiger partial charge < -0.3 is 15.2 Å². The molecule has 120 valence electrons. The predicted octanol–water partition coefficient (Wildman–Crippen LogP) is 2.06. The molecule has 1 aromatic carbocycles. The third-order valence-electron chi connectivity index (χ3n) is 3.55. The van der Waals surface area contributed by atoms with Crippen LogP contribution in [0.4, 0.5) is 4.39 Å². The Morgan fingerprint density at radius 2 is 1.91 bits per heavy atom. The maximum Gasteiger partial charge on any atom is 0.329 e. The van der Waals surface area contributed by atoms with E-state index in [-0.39, 0.29) is 31.0 Å². The number of halogens is 1. The molecule has 1 saturated heterocycles. The van der Waals surface area contributed by atoms with E-state index < -0.39 is 11.5 Å². The monoisotopic (exact) mass is 327 g/mol. The molecule has 2 N–H and O–H groups in total. The summed E-state index contributed by atoms with van der Waals surface area (Å²) in [6.45, 7) is 0.661. The summed E-state index contributed by atoms with van der Waals surface area (Å²) in [5, 5.41) is 12.0. The molecule has 1 heterocycles. The number of aliphatic carboxylic acids is 1. The van der Waals surface area contributed by atoms with Crippen LogP contribution in [0.2, 0.25) is 0 Å². The molecule has 1 aromatic rings. The van der Waals surface area contributed by atoms with E-state index in [0.29, 0.717) is 19.0 Å². The molecule has 1 amide bonds. The van der Waals surface area contributed by atoms with Gasteiger partial charge in [0.15, 0.2) is 0 Å². The molecule has 0 atom stereocenters. The second kappa shape index (κ2) is 7.60. The topological polar surface area (TPSA) is 75.6 Å². The first-order valence-corrected chi connectivity index (χ1v) is 8.01. The number of carboxylic acids is 1. The molecule has 1 fully saturated rings. The minimum absolute atomic E-state index is 0.206. The van der Waals surface area contributed by atoms with E-state index in [2.05, 4.69) is 5.32 Å². The van der Waals surface area contributed by atoms with Crippen LogP contribution in [-0.4, -0.2) is 41.5 Å². The van der Waals surface area contributed by atoms with E-state index >= 15 is 0 Å². The maximum atomic E-state index is 12.8. The minimum Gasteiger partial charge on any atom is -0.480 e. The van der Waals surface area contributed by atoms with Crippen molar-refractivity contribution in [3.8, 4) is 0 Å². The average Bonchev–Trinajstić information content (AvgIpc) is 2.50. The summed E-state index contributed by atoms with van der Waals surface area (Å²) >= 11 is 1.43. The van der Waals surface area contributed by atoms with Crippen LogP contribution in [0.25, 0.3) is 0 Å². The third-order valence-corrected chi connectivity index (χ3v) is 4.56. The Bertz CT molecular complexity index is 529. The number of hydrogen-bond donors (Lipinski definition) is 2. The van der Waals surface area contributed by atoms with Crippen molar-refractivity contribution in [1.29, 1.82) is 0 Å². The number of carboxylic acid groups (broad SMARTS) is 1. The first-order chi connectivity index (χ1) is 10.5. The summed E-state index contributed by atoms with van der Waals surface area (Å²) < 4.78 is 17.9. The van der Waals surface area contributed by atoms with Gasteiger partial charge in [0.05, 0.1) is 0 Å². The Hall–Kier alpha value is -1.60. The number of carbonyl (C=O) groups excluding carboxylic acids is 1. The number of carbonyl (C=O) groups is 2. The average molecular weight is 327 g/mol. The van der Waals surface area contributed by atoms with Crippen molar-refractivity contribution in [1.82, 2.24) is 5.32 Å². The zero-order valence-electron chi connectivity index (χ0n) is 12.0. The lowest BCUT2D eigenvalue weighted by atomic mass is 9.90. The summed E-state index contributed by atoms with van der Waals surface area (Å²) in [7, 11) is 0. The van der Waals surface area contributed by atoms with Crippen molar-refractivity contribution in [2.75, 3.05) is 19.0 Å². The van der Waals surface area contributed by atoms with Gasteiger partial charge in [-0.3, -0.25) is 4.79 Å². The lowest BCUT2D eigenvalue weighted by Gasteiger charge is -2.33. The number of nitrogens with one attached hydrogen (secondary N) is 1. The van der Waals surface area contributed by atoms with Gasteiger partial charge in [-0.05, 0) is 24.3 Å². The molecule has 0 bridgehead atoms. The number of thioether (sulfide) groups is 1. The molecule has 0 saturated carbocycles. The van der Waals surface area contributed by atoms with E-state index in [0.717, 1.165) is 4.90 Å². The van der Waals surface area contributed by atoms with Crippen molar-refractivity contribution in [2.24, 2.45) is 0 Å². The van der Waals surface area contributed by atoms with Crippen molar-refractivity contribution in [3.05, 3.63) is 30.1 Å². The van der Waals surface area contributed by atoms with E-state index in [9.17, 15) is 19.1 Å². The van der Waals surface area contributed by atoms with Crippen molar-refractivity contribution >= 4 is 23.6 Å². The van der Waals surface area contributed by atoms with Crippen LogP contribution in [0.5, 0.6) is 0 Å². The van der Waals surface area contributed by atoms with Crippen LogP contribution in [0.1, 0.15) is 19.3 Å². The zero-order valence-corrected chi connectivity index (χ0v) is 12.8. The molecule has 0 radical (unpaired) electrons. The van der Waals surface area contributed by atoms with Gasteiger partial charge in [-0.15, -0.1) is 11.8 Å². The molecule has 2 rings (SSSR count). The Balaban J connectivity index is 1.81. The zero-order chi connectivity index (χ0) is 16.0. The molecular weight excluding hydrogens is 309 g/mol. The molecule has 0 spiro atoms. The normalized spacial score (nSPS) is 17.0. The minimum atomic E-state index is -1.21. The molecule has 0 unspecified atom stereocenters. The van der Waals surface area contributed by atoms with Crippen molar-refractivity contribution < 1.29 is 23.8 Å². The van der Waals surface area contributed by atoms with Crippen LogP contribution >= 0.6 is 11.8 Å². The molecule has 5 nitrogen and oxygen atoms in total. The van der Waals surface area contributed by atoms with Gasteiger partial charge in [-0.25, -0.2) is 9.18 Å². The van der Waals surface area contributed by atoms with Gasteiger partial charge in [0.25, 0.3) is 0 Å². The van der Waals surface area contributed by atoms with E-state index in [4.69, 9.17) is 4.74 Å². The van der Waals surface area contributed by atoms with Crippen LogP contribution in [0.3, 0.4) is 0 Å². The van der Waals surface area contributed by atoms with Gasteiger partial charge in [-0.1, -0.05) is 0 Å². The van der Waals surface area contributed by atoms with Gasteiger partial charge in [-0.2, -0.15) is 0 Å². The van der Waals surface area contributed by atoms with Crippen LogP contribution in [0.15, 0.2) is 29.2 Å². The fraction of sp³-hybridized carbons (Fsp3) is 0.467. The summed E-state index contributed by atoms with van der Waals surface area (Å²) in [6.07, 6.45) is 0.760. The van der Waals surface area contributed by atoms with Crippen molar-refractivity contribution in [2.45, 2.75) is 29.7 Å². The van der Waals surface area contributed by atoms with Gasteiger partial charge >= 0.3 is 5.97 Å². The smallest absolute Gasteiger partial charge is 0.329 e. The Kier molecular flexibility index (Phi) is 5.79. The summed E-state index contributed by atoms with van der Waals surface area (Å²) in [5.41, 5.74) is -1.21. The summed E-state index contributed by atoms with van der Waals surface area (Å²) in [5.74, 6) is -1.11. The lowest BCUT2D eigenvalue weighted by molar-refractivity contribution is -0.152. The fourth-order valence-electron chi connectivity index (χ4n) is 2.23. The van der Waals surface area contributed by atoms with Crippen LogP contribution < -0.4 is 5.32 Å². The molecule has 0 aromatic heterocycles. The molecule has 22 heavy (non-hydrogen) atoms. The Morgan fingerprint density at radius 1 is 1.27 bits per heavy atom. The highest BCUT2D eigenvalue weighted by Gasteiger charge is 2.41. The summed E-state index contributed by atoms with van der Waals surface area (Å²) in [6, 6.07) is 6.03. The predicted molar refractivity (Wildman–Crippen MR) is 80.3 cm³/mol. The number of ether oxygens (including phenoxy) is 1. The first kappa shape index (κ1) is 16.8. The Labute approximate surface area is 132 Å². The highest BCUT2D eigenvalue weighted by atomic mass is 32.2. The largest absolute Gasteiger partial charge is 0.480 e. The van der Waals surface area contributed by atoms with Crippen LogP contribution in [-0.2, 0) is 14.3 Å². The number of hydrogen-bond acceptors (Lipinski definition) is 4. The molecule has 1 aliphatic rings. The highest BCUT2D eigenvalue weighted by Crippen LogP contribution is 2.22. The maximum absolute atomic E-state index is 12.8.